The fourth-order valence-corrected chi connectivity index (χ4v) is 3.28. The van der Waals surface area contributed by atoms with Gasteiger partial charge in [0, 0.05) is 12.6 Å². The smallest absolute Gasteiger partial charge is 0.242 e. The van der Waals surface area contributed by atoms with Crippen LogP contribution in [0.2, 0.25) is 10.0 Å². The zero-order valence-corrected chi connectivity index (χ0v) is 18.6. The zero-order chi connectivity index (χ0) is 21.4. The number of amides is 2. The summed E-state index contributed by atoms with van der Waals surface area (Å²) < 4.78 is 0. The molecule has 0 unspecified atom stereocenters. The number of nitrogens with one attached hydrogen (secondary N) is 1. The van der Waals surface area contributed by atoms with Crippen LogP contribution in [-0.2, 0) is 22.4 Å². The van der Waals surface area contributed by atoms with Crippen molar-refractivity contribution in [2.45, 2.75) is 52.1 Å². The number of carbonyl (C=O) groups excluding carboxylic acids is 2. The van der Waals surface area contributed by atoms with E-state index in [0.29, 0.717) is 23.0 Å². The monoisotopic (exact) mass is 434 g/mol. The molecule has 29 heavy (non-hydrogen) atoms. The van der Waals surface area contributed by atoms with Crippen LogP contribution in [0, 0.1) is 0 Å². The normalized spacial score (nSPS) is 12.9. The van der Waals surface area contributed by atoms with Crippen molar-refractivity contribution in [1.82, 2.24) is 10.2 Å². The van der Waals surface area contributed by atoms with E-state index in [-0.39, 0.29) is 24.3 Å². The SMILES string of the molecule is CC[C@@H](C)NC(=O)[C@@H](C)N(CCc1ccccc1)C(=O)Cc1ccc(Cl)c(Cl)c1. The van der Waals surface area contributed by atoms with Crippen LogP contribution < -0.4 is 5.32 Å². The first-order chi connectivity index (χ1) is 13.8. The van der Waals surface area contributed by atoms with E-state index < -0.39 is 6.04 Å². The lowest BCUT2D eigenvalue weighted by atomic mass is 10.1. The number of benzene rings is 2. The Labute approximate surface area is 183 Å². The second-order valence-electron chi connectivity index (χ2n) is 7.24. The third kappa shape index (κ3) is 7.06. The maximum Gasteiger partial charge on any atom is 0.242 e. The molecule has 0 aliphatic rings. The number of halogens is 2. The van der Waals surface area contributed by atoms with Crippen molar-refractivity contribution in [3.63, 3.8) is 0 Å². The Morgan fingerprint density at radius 3 is 2.31 bits per heavy atom. The van der Waals surface area contributed by atoms with Gasteiger partial charge in [-0.1, -0.05) is 66.5 Å². The fourth-order valence-electron chi connectivity index (χ4n) is 2.96. The number of rotatable bonds is 9. The average molecular weight is 435 g/mol. The molecule has 1 N–H and O–H groups in total. The Morgan fingerprint density at radius 1 is 1.00 bits per heavy atom. The van der Waals surface area contributed by atoms with Crippen molar-refractivity contribution < 1.29 is 9.59 Å². The van der Waals surface area contributed by atoms with Crippen LogP contribution in [0.25, 0.3) is 0 Å². The first kappa shape index (κ1) is 23.2. The molecule has 0 aromatic heterocycles. The van der Waals surface area contributed by atoms with Crippen molar-refractivity contribution in [3.05, 3.63) is 69.7 Å². The van der Waals surface area contributed by atoms with Gasteiger partial charge in [0.05, 0.1) is 16.5 Å². The second kappa shape index (κ2) is 11.2. The molecule has 0 spiro atoms. The number of hydrogen-bond donors (Lipinski definition) is 1. The molecular weight excluding hydrogens is 407 g/mol. The predicted octanol–water partition coefficient (Wildman–Crippen LogP) is 4.91. The van der Waals surface area contributed by atoms with Gasteiger partial charge in [-0.25, -0.2) is 0 Å². The van der Waals surface area contributed by atoms with E-state index in [4.69, 9.17) is 23.2 Å². The molecule has 0 aliphatic carbocycles. The summed E-state index contributed by atoms with van der Waals surface area (Å²) in [7, 11) is 0. The molecule has 0 aliphatic heterocycles. The van der Waals surface area contributed by atoms with Crippen molar-refractivity contribution in [1.29, 1.82) is 0 Å². The van der Waals surface area contributed by atoms with Crippen LogP contribution in [-0.4, -0.2) is 35.3 Å². The topological polar surface area (TPSA) is 49.4 Å². The molecule has 2 atom stereocenters. The Bertz CT molecular complexity index is 827. The molecule has 156 valence electrons. The summed E-state index contributed by atoms with van der Waals surface area (Å²) in [5.41, 5.74) is 1.89. The predicted molar refractivity (Wildman–Crippen MR) is 119 cm³/mol. The Balaban J connectivity index is 2.16. The maximum atomic E-state index is 13.1. The molecule has 2 aromatic carbocycles. The highest BCUT2D eigenvalue weighted by molar-refractivity contribution is 6.42. The molecule has 2 amide bonds. The molecule has 6 heteroatoms. The van der Waals surface area contributed by atoms with Gasteiger partial charge in [-0.2, -0.15) is 0 Å². The number of carbonyl (C=O) groups is 2. The Kier molecular flexibility index (Phi) is 8.99. The molecule has 0 heterocycles. The Hall–Kier alpha value is -2.04. The van der Waals surface area contributed by atoms with E-state index in [0.717, 1.165) is 17.5 Å². The highest BCUT2D eigenvalue weighted by Gasteiger charge is 2.26. The average Bonchev–Trinajstić information content (AvgIpc) is 2.71. The Morgan fingerprint density at radius 2 is 1.69 bits per heavy atom. The van der Waals surface area contributed by atoms with Gasteiger partial charge >= 0.3 is 0 Å². The maximum absolute atomic E-state index is 13.1. The highest BCUT2D eigenvalue weighted by atomic mass is 35.5. The van der Waals surface area contributed by atoms with Crippen molar-refractivity contribution in [3.8, 4) is 0 Å². The van der Waals surface area contributed by atoms with Gasteiger partial charge in [0.1, 0.15) is 6.04 Å². The summed E-state index contributed by atoms with van der Waals surface area (Å²) in [4.78, 5) is 27.4. The minimum Gasteiger partial charge on any atom is -0.352 e. The zero-order valence-electron chi connectivity index (χ0n) is 17.1. The van der Waals surface area contributed by atoms with Crippen LogP contribution in [0.15, 0.2) is 48.5 Å². The van der Waals surface area contributed by atoms with Crippen molar-refractivity contribution >= 4 is 35.0 Å². The summed E-state index contributed by atoms with van der Waals surface area (Å²) in [5, 5.41) is 3.83. The quantitative estimate of drug-likeness (QED) is 0.609. The van der Waals surface area contributed by atoms with Gasteiger partial charge < -0.3 is 10.2 Å². The van der Waals surface area contributed by atoms with Gasteiger partial charge in [-0.3, -0.25) is 9.59 Å². The van der Waals surface area contributed by atoms with E-state index in [1.165, 1.54) is 0 Å². The summed E-state index contributed by atoms with van der Waals surface area (Å²) >= 11 is 12.1. The van der Waals surface area contributed by atoms with Gasteiger partial charge in [0.2, 0.25) is 11.8 Å². The lowest BCUT2D eigenvalue weighted by Gasteiger charge is -2.29. The standard InChI is InChI=1S/C23H28Cl2N2O2/c1-4-16(2)26-23(29)17(3)27(13-12-18-8-6-5-7-9-18)22(28)15-19-10-11-20(24)21(25)14-19/h5-11,14,16-17H,4,12-13,15H2,1-3H3,(H,26,29)/t16-,17-/m1/s1. The molecule has 2 rings (SSSR count). The second-order valence-corrected chi connectivity index (χ2v) is 8.06. The number of hydrogen-bond acceptors (Lipinski definition) is 2. The molecular formula is C23H28Cl2N2O2. The molecule has 4 nitrogen and oxygen atoms in total. The van der Waals surface area contributed by atoms with E-state index in [2.05, 4.69) is 5.32 Å². The van der Waals surface area contributed by atoms with Gasteiger partial charge in [-0.15, -0.1) is 0 Å². The molecule has 0 bridgehead atoms. The molecule has 0 saturated carbocycles. The van der Waals surface area contributed by atoms with E-state index in [9.17, 15) is 9.59 Å². The van der Waals surface area contributed by atoms with E-state index in [1.54, 1.807) is 30.0 Å². The van der Waals surface area contributed by atoms with Crippen molar-refractivity contribution in [2.24, 2.45) is 0 Å². The number of nitrogens with zero attached hydrogens (tertiary/aromatic N) is 1. The molecule has 0 radical (unpaired) electrons. The van der Waals surface area contributed by atoms with Crippen LogP contribution >= 0.6 is 23.2 Å². The molecule has 0 saturated heterocycles. The lowest BCUT2D eigenvalue weighted by molar-refractivity contribution is -0.139. The summed E-state index contributed by atoms with van der Waals surface area (Å²) in [5.74, 6) is -0.263. The summed E-state index contributed by atoms with van der Waals surface area (Å²) in [6.07, 6.45) is 1.67. The first-order valence-electron chi connectivity index (χ1n) is 9.89. The van der Waals surface area contributed by atoms with Crippen molar-refractivity contribution in [2.75, 3.05) is 6.54 Å². The first-order valence-corrected chi connectivity index (χ1v) is 10.6. The largest absolute Gasteiger partial charge is 0.352 e. The third-order valence-electron chi connectivity index (χ3n) is 4.99. The van der Waals surface area contributed by atoms with Gasteiger partial charge in [-0.05, 0) is 49.9 Å². The molecule has 0 fully saturated rings. The summed E-state index contributed by atoms with van der Waals surface area (Å²) in [6, 6.07) is 14.6. The lowest BCUT2D eigenvalue weighted by Crippen LogP contribution is -2.50. The van der Waals surface area contributed by atoms with Crippen LogP contribution in [0.4, 0.5) is 0 Å². The summed E-state index contributed by atoms with van der Waals surface area (Å²) in [6.45, 7) is 6.20. The van der Waals surface area contributed by atoms with E-state index in [1.807, 2.05) is 44.2 Å². The minimum absolute atomic E-state index is 0.0612. The van der Waals surface area contributed by atoms with Crippen LogP contribution in [0.3, 0.4) is 0 Å². The van der Waals surface area contributed by atoms with E-state index >= 15 is 0 Å². The minimum atomic E-state index is -0.567. The third-order valence-corrected chi connectivity index (χ3v) is 5.73. The fraction of sp³-hybridized carbons (Fsp3) is 0.391. The molecule has 2 aromatic rings. The van der Waals surface area contributed by atoms with Gasteiger partial charge in [0.15, 0.2) is 0 Å². The van der Waals surface area contributed by atoms with Crippen LogP contribution in [0.5, 0.6) is 0 Å². The highest BCUT2D eigenvalue weighted by Crippen LogP contribution is 2.23. The van der Waals surface area contributed by atoms with Crippen LogP contribution in [0.1, 0.15) is 38.3 Å². The van der Waals surface area contributed by atoms with Gasteiger partial charge in [0.25, 0.3) is 0 Å².